The zero-order valence-corrected chi connectivity index (χ0v) is 15.5. The van der Waals surface area contributed by atoms with Crippen molar-refractivity contribution < 1.29 is 4.79 Å². The Kier molecular flexibility index (Phi) is 5.49. The van der Waals surface area contributed by atoms with Crippen LogP contribution in [0.3, 0.4) is 0 Å². The molecule has 4 rings (SSSR count). The van der Waals surface area contributed by atoms with Crippen molar-refractivity contribution in [3.8, 4) is 0 Å². The molecule has 1 amide bonds. The van der Waals surface area contributed by atoms with Crippen LogP contribution in [0.4, 0.5) is 0 Å². The molecule has 5 nitrogen and oxygen atoms in total. The van der Waals surface area contributed by atoms with Gasteiger partial charge in [0.1, 0.15) is 5.82 Å². The minimum Gasteiger partial charge on any atom is -0.352 e. The summed E-state index contributed by atoms with van der Waals surface area (Å²) in [5.74, 6) is 1.58. The Bertz CT molecular complexity index is 885. The molecular weight excluding hydrogens is 336 g/mol. The molecule has 27 heavy (non-hydrogen) atoms. The lowest BCUT2D eigenvalue weighted by Crippen LogP contribution is -2.41. The quantitative estimate of drug-likeness (QED) is 0.708. The summed E-state index contributed by atoms with van der Waals surface area (Å²) in [4.78, 5) is 22.7. The Hall–Kier alpha value is -2.66. The molecule has 0 radical (unpaired) electrons. The summed E-state index contributed by atoms with van der Waals surface area (Å²) in [7, 11) is 0. The molecule has 0 unspecified atom stereocenters. The monoisotopic (exact) mass is 362 g/mol. The van der Waals surface area contributed by atoms with Crippen LogP contribution in [-0.2, 0) is 6.42 Å². The van der Waals surface area contributed by atoms with Gasteiger partial charge in [-0.3, -0.25) is 4.79 Å². The average Bonchev–Trinajstić information content (AvgIpc) is 3.24. The lowest BCUT2D eigenvalue weighted by Gasteiger charge is -2.32. The topological polar surface area (TPSA) is 61.0 Å². The molecule has 0 aliphatic carbocycles. The van der Waals surface area contributed by atoms with Crippen LogP contribution in [0.2, 0.25) is 0 Å². The number of nitrogens with one attached hydrogen (secondary N) is 2. The van der Waals surface area contributed by atoms with Crippen LogP contribution >= 0.6 is 0 Å². The Morgan fingerprint density at radius 1 is 1.22 bits per heavy atom. The number of aromatic amines is 1. The number of aromatic nitrogens is 2. The average molecular weight is 362 g/mol. The van der Waals surface area contributed by atoms with E-state index in [0.29, 0.717) is 5.92 Å². The van der Waals surface area contributed by atoms with E-state index < -0.39 is 0 Å². The van der Waals surface area contributed by atoms with Gasteiger partial charge in [0, 0.05) is 44.0 Å². The Morgan fingerprint density at radius 3 is 3.00 bits per heavy atom. The number of carbonyl (C=O) groups is 1. The maximum atomic E-state index is 12.7. The van der Waals surface area contributed by atoms with E-state index >= 15 is 0 Å². The molecule has 0 spiro atoms. The lowest BCUT2D eigenvalue weighted by atomic mass is 9.97. The summed E-state index contributed by atoms with van der Waals surface area (Å²) in [6, 6.07) is 14.0. The van der Waals surface area contributed by atoms with Crippen LogP contribution in [0.5, 0.6) is 0 Å². The van der Waals surface area contributed by atoms with E-state index in [9.17, 15) is 4.79 Å². The predicted octanol–water partition coefficient (Wildman–Crippen LogP) is 3.25. The molecule has 2 heterocycles. The van der Waals surface area contributed by atoms with Crippen molar-refractivity contribution in [3.63, 3.8) is 0 Å². The molecular formula is C22H26N4O. The second-order valence-electron chi connectivity index (χ2n) is 7.33. The fraction of sp³-hybridized carbons (Fsp3) is 0.364. The van der Waals surface area contributed by atoms with E-state index in [2.05, 4.69) is 20.2 Å². The molecule has 3 aromatic rings. The van der Waals surface area contributed by atoms with Crippen molar-refractivity contribution >= 4 is 16.7 Å². The van der Waals surface area contributed by atoms with Crippen molar-refractivity contribution in [3.05, 3.63) is 66.2 Å². The lowest BCUT2D eigenvalue weighted by molar-refractivity contribution is 0.0934. The highest BCUT2D eigenvalue weighted by Crippen LogP contribution is 2.19. The third-order valence-electron chi connectivity index (χ3n) is 5.41. The first kappa shape index (κ1) is 17.7. The largest absolute Gasteiger partial charge is 0.352 e. The highest BCUT2D eigenvalue weighted by Gasteiger charge is 2.21. The van der Waals surface area contributed by atoms with Crippen LogP contribution < -0.4 is 5.32 Å². The minimum atomic E-state index is 0.0273. The molecule has 1 saturated heterocycles. The second-order valence-corrected chi connectivity index (χ2v) is 7.33. The van der Waals surface area contributed by atoms with Crippen molar-refractivity contribution in [2.24, 2.45) is 5.92 Å². The van der Waals surface area contributed by atoms with Crippen molar-refractivity contribution in [2.75, 3.05) is 26.2 Å². The van der Waals surface area contributed by atoms with Crippen LogP contribution in [0.25, 0.3) is 10.8 Å². The molecule has 1 aromatic heterocycles. The third-order valence-corrected chi connectivity index (χ3v) is 5.41. The van der Waals surface area contributed by atoms with Gasteiger partial charge in [-0.15, -0.1) is 0 Å². The van der Waals surface area contributed by atoms with Gasteiger partial charge in [-0.1, -0.05) is 36.4 Å². The zero-order chi connectivity index (χ0) is 18.5. The van der Waals surface area contributed by atoms with Crippen molar-refractivity contribution in [1.82, 2.24) is 20.2 Å². The summed E-state index contributed by atoms with van der Waals surface area (Å²) in [5, 5.41) is 5.29. The summed E-state index contributed by atoms with van der Waals surface area (Å²) in [6.45, 7) is 3.92. The van der Waals surface area contributed by atoms with E-state index in [1.165, 1.54) is 12.8 Å². The number of benzene rings is 2. The number of fused-ring (bicyclic) bond motifs is 1. The van der Waals surface area contributed by atoms with Gasteiger partial charge < -0.3 is 15.2 Å². The number of hydrogen-bond donors (Lipinski definition) is 2. The number of H-pyrrole nitrogens is 1. The fourth-order valence-corrected chi connectivity index (χ4v) is 3.98. The standard InChI is InChI=1S/C22H26N4O/c27-22(20-9-3-7-18-6-1-2-8-19(18)20)25-15-17-5-4-13-26(16-17)14-10-21-23-11-12-24-21/h1-3,6-9,11-12,17H,4-5,10,13-16H2,(H,23,24)(H,25,27)/t17-/m1/s1. The number of hydrogen-bond acceptors (Lipinski definition) is 3. The van der Waals surface area contributed by atoms with E-state index in [1.54, 1.807) is 6.20 Å². The minimum absolute atomic E-state index is 0.0273. The SMILES string of the molecule is O=C(NC[C@H]1CCCN(CCc2ncc[nH]2)C1)c1cccc2ccccc12. The first-order valence-corrected chi connectivity index (χ1v) is 9.76. The summed E-state index contributed by atoms with van der Waals surface area (Å²) >= 11 is 0. The number of rotatable bonds is 6. The van der Waals surface area contributed by atoms with Gasteiger partial charge in [0.15, 0.2) is 0 Å². The first-order chi connectivity index (χ1) is 13.3. The van der Waals surface area contributed by atoms with Gasteiger partial charge in [0.2, 0.25) is 0 Å². The van der Waals surface area contributed by atoms with Gasteiger partial charge in [-0.2, -0.15) is 0 Å². The third kappa shape index (κ3) is 4.37. The number of carbonyl (C=O) groups excluding carboxylic acids is 1. The number of piperidine rings is 1. The Labute approximate surface area is 159 Å². The van der Waals surface area contributed by atoms with Gasteiger partial charge in [0.05, 0.1) is 0 Å². The molecule has 1 fully saturated rings. The fourth-order valence-electron chi connectivity index (χ4n) is 3.98. The zero-order valence-electron chi connectivity index (χ0n) is 15.5. The van der Waals surface area contributed by atoms with Gasteiger partial charge >= 0.3 is 0 Å². The number of amides is 1. The van der Waals surface area contributed by atoms with Gasteiger partial charge in [-0.25, -0.2) is 4.98 Å². The Balaban J connectivity index is 1.31. The molecule has 2 N–H and O–H groups in total. The highest BCUT2D eigenvalue weighted by atomic mass is 16.1. The van der Waals surface area contributed by atoms with Crippen molar-refractivity contribution in [1.29, 1.82) is 0 Å². The van der Waals surface area contributed by atoms with Crippen LogP contribution in [0, 0.1) is 5.92 Å². The van der Waals surface area contributed by atoms with E-state index in [1.807, 2.05) is 48.7 Å². The summed E-state index contributed by atoms with van der Waals surface area (Å²) in [5.41, 5.74) is 0.763. The number of nitrogens with zero attached hydrogens (tertiary/aromatic N) is 2. The van der Waals surface area contributed by atoms with Crippen molar-refractivity contribution in [2.45, 2.75) is 19.3 Å². The summed E-state index contributed by atoms with van der Waals surface area (Å²) < 4.78 is 0. The van der Waals surface area contributed by atoms with Crippen LogP contribution in [0.15, 0.2) is 54.9 Å². The number of likely N-dealkylation sites (tertiary alicyclic amines) is 1. The van der Waals surface area contributed by atoms with E-state index in [4.69, 9.17) is 0 Å². The molecule has 1 aliphatic heterocycles. The molecule has 0 bridgehead atoms. The molecule has 1 atom stereocenters. The normalized spacial score (nSPS) is 17.9. The molecule has 5 heteroatoms. The maximum absolute atomic E-state index is 12.7. The molecule has 1 aliphatic rings. The van der Waals surface area contributed by atoms with E-state index in [-0.39, 0.29) is 5.91 Å². The van der Waals surface area contributed by atoms with Gasteiger partial charge in [0.25, 0.3) is 5.91 Å². The Morgan fingerprint density at radius 2 is 2.11 bits per heavy atom. The highest BCUT2D eigenvalue weighted by molar-refractivity contribution is 6.06. The summed E-state index contributed by atoms with van der Waals surface area (Å²) in [6.07, 6.45) is 6.98. The molecule has 2 aromatic carbocycles. The van der Waals surface area contributed by atoms with E-state index in [0.717, 1.165) is 54.8 Å². The second kappa shape index (κ2) is 8.35. The van der Waals surface area contributed by atoms with Crippen LogP contribution in [0.1, 0.15) is 29.0 Å². The van der Waals surface area contributed by atoms with Crippen LogP contribution in [-0.4, -0.2) is 47.0 Å². The number of imidazole rings is 1. The van der Waals surface area contributed by atoms with Gasteiger partial charge in [-0.05, 0) is 42.1 Å². The molecule has 0 saturated carbocycles. The predicted molar refractivity (Wildman–Crippen MR) is 108 cm³/mol. The maximum Gasteiger partial charge on any atom is 0.251 e. The first-order valence-electron chi connectivity index (χ1n) is 9.76. The molecule has 140 valence electrons. The smallest absolute Gasteiger partial charge is 0.251 e.